The van der Waals surface area contributed by atoms with Crippen LogP contribution >= 0.6 is 0 Å². The second-order valence-electron chi connectivity index (χ2n) is 10.3. The molecule has 2 saturated heterocycles. The number of carbonyl (C=O) groups is 3. The number of hydrogen-bond acceptors (Lipinski definition) is 5. The van der Waals surface area contributed by atoms with Crippen molar-refractivity contribution in [1.29, 1.82) is 0 Å². The van der Waals surface area contributed by atoms with Crippen molar-refractivity contribution >= 4 is 18.0 Å². The van der Waals surface area contributed by atoms with Gasteiger partial charge < -0.3 is 29.9 Å². The topological polar surface area (TPSA) is 125 Å². The first-order valence-corrected chi connectivity index (χ1v) is 10.7. The smallest absolute Gasteiger partial charge is 0.325 e. The minimum Gasteiger partial charge on any atom is -0.480 e. The molecule has 3 fully saturated rings. The summed E-state index contributed by atoms with van der Waals surface area (Å²) in [7, 11) is 0. The van der Waals surface area contributed by atoms with Crippen LogP contribution in [0.25, 0.3) is 0 Å². The minimum absolute atomic E-state index is 0.118. The summed E-state index contributed by atoms with van der Waals surface area (Å²) in [5.74, 6) is -4.09. The molecule has 9 nitrogen and oxygen atoms in total. The Labute approximate surface area is 177 Å². The first-order chi connectivity index (χ1) is 13.8. The van der Waals surface area contributed by atoms with E-state index >= 15 is 0 Å². The summed E-state index contributed by atoms with van der Waals surface area (Å²) in [6, 6.07) is 0.0654. The van der Waals surface area contributed by atoms with E-state index in [4.69, 9.17) is 9.47 Å². The number of rotatable bonds is 3. The number of ether oxygens (including phenoxy) is 2. The number of likely N-dealkylation sites (tertiary alicyclic amines) is 1. The molecule has 0 radical (unpaired) electrons. The Morgan fingerprint density at radius 3 is 1.77 bits per heavy atom. The normalized spacial score (nSPS) is 27.4. The quantitative estimate of drug-likeness (QED) is 0.592. The molecular formula is C21H34N2O7. The van der Waals surface area contributed by atoms with Gasteiger partial charge in [0.1, 0.15) is 0 Å². The van der Waals surface area contributed by atoms with Crippen molar-refractivity contribution in [2.24, 2.45) is 5.41 Å². The van der Waals surface area contributed by atoms with Crippen molar-refractivity contribution in [2.75, 3.05) is 13.2 Å². The van der Waals surface area contributed by atoms with Crippen molar-refractivity contribution in [3.8, 4) is 0 Å². The highest BCUT2D eigenvalue weighted by atomic mass is 16.7. The summed E-state index contributed by atoms with van der Waals surface area (Å²) in [4.78, 5) is 38.2. The van der Waals surface area contributed by atoms with E-state index in [0.29, 0.717) is 12.8 Å². The molecule has 1 spiro atoms. The number of carboxylic acid groups (broad SMARTS) is 2. The van der Waals surface area contributed by atoms with Crippen molar-refractivity contribution in [3.05, 3.63) is 0 Å². The third-order valence-electron chi connectivity index (χ3n) is 6.73. The fraction of sp³-hybridized carbons (Fsp3) is 0.857. The van der Waals surface area contributed by atoms with E-state index in [1.54, 1.807) is 0 Å². The molecule has 2 heterocycles. The molecule has 0 unspecified atom stereocenters. The minimum atomic E-state index is -2.12. The van der Waals surface area contributed by atoms with Gasteiger partial charge in [0, 0.05) is 30.0 Å². The molecule has 0 aromatic heterocycles. The summed E-state index contributed by atoms with van der Waals surface area (Å²) in [6.07, 6.45) is 6.06. The second kappa shape index (κ2) is 7.67. The lowest BCUT2D eigenvalue weighted by Crippen LogP contribution is -2.72. The van der Waals surface area contributed by atoms with E-state index in [9.17, 15) is 24.6 Å². The van der Waals surface area contributed by atoms with Crippen LogP contribution in [0.1, 0.15) is 72.6 Å². The summed E-state index contributed by atoms with van der Waals surface area (Å²) in [6.45, 7) is 6.77. The zero-order valence-corrected chi connectivity index (χ0v) is 18.3. The number of amides is 2. The number of nitrogens with one attached hydrogen (secondary N) is 1. The van der Waals surface area contributed by atoms with Crippen molar-refractivity contribution in [3.63, 3.8) is 0 Å². The molecule has 1 saturated carbocycles. The molecule has 3 rings (SSSR count). The first-order valence-electron chi connectivity index (χ1n) is 10.7. The second-order valence-corrected chi connectivity index (χ2v) is 10.3. The maximum atomic E-state index is 13.2. The number of hydrogen-bond donors (Lipinski definition) is 3. The average Bonchev–Trinajstić information content (AvgIpc) is 2.60. The van der Waals surface area contributed by atoms with Gasteiger partial charge in [-0.05, 0) is 40.5 Å². The zero-order chi connectivity index (χ0) is 22.4. The molecule has 3 N–H and O–H groups in total. The molecule has 0 aromatic carbocycles. The van der Waals surface area contributed by atoms with E-state index in [1.165, 1.54) is 6.42 Å². The van der Waals surface area contributed by atoms with Crippen LogP contribution in [0.5, 0.6) is 0 Å². The van der Waals surface area contributed by atoms with Crippen LogP contribution in [0.4, 0.5) is 4.79 Å². The summed E-state index contributed by atoms with van der Waals surface area (Å²) < 4.78 is 11.7. The summed E-state index contributed by atoms with van der Waals surface area (Å²) in [5.41, 5.74) is -3.41. The maximum Gasteiger partial charge on any atom is 0.325 e. The van der Waals surface area contributed by atoms with E-state index in [0.717, 1.165) is 25.7 Å². The van der Waals surface area contributed by atoms with Crippen LogP contribution in [0.2, 0.25) is 0 Å². The number of piperidine rings is 1. The summed E-state index contributed by atoms with van der Waals surface area (Å²) in [5, 5.41) is 22.0. The molecule has 30 heavy (non-hydrogen) atoms. The molecule has 0 bridgehead atoms. The Morgan fingerprint density at radius 1 is 0.867 bits per heavy atom. The highest BCUT2D eigenvalue weighted by Crippen LogP contribution is 2.48. The highest BCUT2D eigenvalue weighted by molar-refractivity contribution is 5.98. The zero-order valence-electron chi connectivity index (χ0n) is 18.3. The van der Waals surface area contributed by atoms with E-state index in [2.05, 4.69) is 5.32 Å². The Morgan fingerprint density at radius 2 is 1.33 bits per heavy atom. The lowest BCUT2D eigenvalue weighted by atomic mass is 9.75. The molecule has 0 atom stereocenters. The number of aliphatic carboxylic acids is 2. The highest BCUT2D eigenvalue weighted by Gasteiger charge is 2.61. The van der Waals surface area contributed by atoms with Gasteiger partial charge in [0.25, 0.3) is 0 Å². The molecule has 2 amide bonds. The predicted molar refractivity (Wildman–Crippen MR) is 107 cm³/mol. The van der Waals surface area contributed by atoms with Crippen LogP contribution in [0.15, 0.2) is 0 Å². The van der Waals surface area contributed by atoms with E-state index in [1.807, 2.05) is 32.6 Å². The predicted octanol–water partition coefficient (Wildman–Crippen LogP) is 2.58. The van der Waals surface area contributed by atoms with Crippen LogP contribution in [-0.2, 0) is 19.1 Å². The van der Waals surface area contributed by atoms with Gasteiger partial charge in [-0.25, -0.2) is 4.79 Å². The standard InChI is InChI=1S/C21H34N2O7/c1-18(2)10-21(29-12-20(13-30-21,15(24)25)16(26)27)11-19(3,4)23(18)17(28)22-14-8-6-5-7-9-14/h14H,5-13H2,1-4H3,(H,22,28)(H,24,25)(H,26,27). The lowest BCUT2D eigenvalue weighted by molar-refractivity contribution is -0.332. The molecule has 0 aromatic rings. The molecule has 9 heteroatoms. The van der Waals surface area contributed by atoms with Gasteiger partial charge >= 0.3 is 18.0 Å². The van der Waals surface area contributed by atoms with Crippen molar-refractivity contribution < 1.29 is 34.1 Å². The van der Waals surface area contributed by atoms with Gasteiger partial charge in [-0.3, -0.25) is 9.59 Å². The largest absolute Gasteiger partial charge is 0.480 e. The van der Waals surface area contributed by atoms with Crippen LogP contribution in [0.3, 0.4) is 0 Å². The first kappa shape index (κ1) is 22.8. The van der Waals surface area contributed by atoms with Crippen LogP contribution in [-0.4, -0.2) is 69.2 Å². The fourth-order valence-corrected chi connectivity index (χ4v) is 5.53. The maximum absolute atomic E-state index is 13.2. The van der Waals surface area contributed by atoms with Crippen LogP contribution < -0.4 is 5.32 Å². The van der Waals surface area contributed by atoms with Crippen molar-refractivity contribution in [1.82, 2.24) is 10.2 Å². The molecule has 170 valence electrons. The number of carboxylic acids is 2. The number of nitrogens with zero attached hydrogens (tertiary/aromatic N) is 1. The van der Waals surface area contributed by atoms with E-state index < -0.39 is 47.4 Å². The van der Waals surface area contributed by atoms with Gasteiger partial charge in [-0.2, -0.15) is 0 Å². The van der Waals surface area contributed by atoms with E-state index in [-0.39, 0.29) is 12.1 Å². The Kier molecular flexibility index (Phi) is 5.83. The Bertz CT molecular complexity index is 668. The Balaban J connectivity index is 1.77. The Hall–Kier alpha value is -1.87. The van der Waals surface area contributed by atoms with Gasteiger partial charge in [-0.1, -0.05) is 19.3 Å². The average molecular weight is 427 g/mol. The third-order valence-corrected chi connectivity index (χ3v) is 6.73. The summed E-state index contributed by atoms with van der Waals surface area (Å²) >= 11 is 0. The SMILES string of the molecule is CC1(C)CC2(CC(C)(C)N1C(=O)NC1CCCCC1)OCC(C(=O)O)(C(=O)O)CO2. The van der Waals surface area contributed by atoms with Crippen molar-refractivity contribution in [2.45, 2.75) is 95.5 Å². The molecule has 3 aliphatic rings. The van der Waals surface area contributed by atoms with Crippen LogP contribution in [0, 0.1) is 5.41 Å². The van der Waals surface area contributed by atoms with Gasteiger partial charge in [-0.15, -0.1) is 0 Å². The molecule has 2 aliphatic heterocycles. The van der Waals surface area contributed by atoms with Gasteiger partial charge in [0.2, 0.25) is 5.41 Å². The number of carbonyl (C=O) groups excluding carboxylic acids is 1. The monoisotopic (exact) mass is 426 g/mol. The lowest BCUT2D eigenvalue weighted by Gasteiger charge is -2.60. The fourth-order valence-electron chi connectivity index (χ4n) is 5.53. The molecule has 1 aliphatic carbocycles. The number of urea groups is 1. The third kappa shape index (κ3) is 4.01. The van der Waals surface area contributed by atoms with Gasteiger partial charge in [0.15, 0.2) is 5.79 Å². The molecular weight excluding hydrogens is 392 g/mol. The van der Waals surface area contributed by atoms with Gasteiger partial charge in [0.05, 0.1) is 13.2 Å².